The van der Waals surface area contributed by atoms with Crippen molar-refractivity contribution in [2.75, 3.05) is 18.2 Å². The number of nitrogens with two attached hydrogens (primary N) is 1. The molecule has 0 saturated carbocycles. The molecule has 3 N–H and O–H groups in total. The van der Waals surface area contributed by atoms with E-state index in [1.54, 1.807) is 18.4 Å². The topological polar surface area (TPSA) is 60.2 Å². The Hall–Kier alpha value is -1.75. The van der Waals surface area contributed by atoms with Gasteiger partial charge >= 0.3 is 0 Å². The van der Waals surface area contributed by atoms with Crippen molar-refractivity contribution in [3.05, 3.63) is 33.8 Å². The predicted molar refractivity (Wildman–Crippen MR) is 81.0 cm³/mol. The SMILES string of the molecule is COc1cc(NC(C)c2sc(C)nc2C)ccc1N. The Bertz CT molecular complexity index is 580. The van der Waals surface area contributed by atoms with E-state index in [9.17, 15) is 0 Å². The molecular weight excluding hydrogens is 258 g/mol. The minimum absolute atomic E-state index is 0.208. The normalized spacial score (nSPS) is 12.2. The van der Waals surface area contributed by atoms with Gasteiger partial charge in [0.1, 0.15) is 5.75 Å². The van der Waals surface area contributed by atoms with Crippen LogP contribution in [-0.2, 0) is 0 Å². The maximum atomic E-state index is 5.81. The third kappa shape index (κ3) is 2.98. The lowest BCUT2D eigenvalue weighted by Gasteiger charge is -2.15. The van der Waals surface area contributed by atoms with Crippen LogP contribution >= 0.6 is 11.3 Å². The van der Waals surface area contributed by atoms with Gasteiger partial charge in [-0.2, -0.15) is 0 Å². The Morgan fingerprint density at radius 1 is 1.37 bits per heavy atom. The lowest BCUT2D eigenvalue weighted by atomic mass is 10.2. The summed E-state index contributed by atoms with van der Waals surface area (Å²) in [5, 5.41) is 4.54. The van der Waals surface area contributed by atoms with E-state index in [-0.39, 0.29) is 6.04 Å². The number of aromatic nitrogens is 1. The minimum atomic E-state index is 0.208. The van der Waals surface area contributed by atoms with Crippen LogP contribution in [-0.4, -0.2) is 12.1 Å². The number of hydrogen-bond donors (Lipinski definition) is 2. The summed E-state index contributed by atoms with van der Waals surface area (Å²) in [5.41, 5.74) is 8.53. The number of benzene rings is 1. The van der Waals surface area contributed by atoms with Gasteiger partial charge in [-0.15, -0.1) is 11.3 Å². The molecule has 1 unspecified atom stereocenters. The van der Waals surface area contributed by atoms with Crippen LogP contribution in [0.1, 0.15) is 28.5 Å². The fourth-order valence-electron chi connectivity index (χ4n) is 2.07. The van der Waals surface area contributed by atoms with Gasteiger partial charge in [-0.1, -0.05) is 0 Å². The molecule has 0 radical (unpaired) electrons. The second-order valence-electron chi connectivity index (χ2n) is 4.51. The summed E-state index contributed by atoms with van der Waals surface area (Å²) in [6.07, 6.45) is 0. The van der Waals surface area contributed by atoms with Gasteiger partial charge in [0.25, 0.3) is 0 Å². The van der Waals surface area contributed by atoms with Gasteiger partial charge < -0.3 is 15.8 Å². The maximum absolute atomic E-state index is 5.81. The monoisotopic (exact) mass is 277 g/mol. The highest BCUT2D eigenvalue weighted by Crippen LogP contribution is 2.30. The van der Waals surface area contributed by atoms with E-state index in [1.807, 2.05) is 32.0 Å². The molecule has 0 saturated heterocycles. The maximum Gasteiger partial charge on any atom is 0.143 e. The zero-order chi connectivity index (χ0) is 14.0. The molecule has 4 nitrogen and oxygen atoms in total. The minimum Gasteiger partial charge on any atom is -0.495 e. The zero-order valence-corrected chi connectivity index (χ0v) is 12.5. The van der Waals surface area contributed by atoms with Crippen LogP contribution in [0.4, 0.5) is 11.4 Å². The largest absolute Gasteiger partial charge is 0.495 e. The fraction of sp³-hybridized carbons (Fsp3) is 0.357. The van der Waals surface area contributed by atoms with Gasteiger partial charge in [0.15, 0.2) is 0 Å². The molecule has 5 heteroatoms. The van der Waals surface area contributed by atoms with Gasteiger partial charge in [0.05, 0.1) is 29.5 Å². The Morgan fingerprint density at radius 2 is 2.11 bits per heavy atom. The van der Waals surface area contributed by atoms with Crippen molar-refractivity contribution >= 4 is 22.7 Å². The van der Waals surface area contributed by atoms with Gasteiger partial charge in [-0.05, 0) is 32.9 Å². The van der Waals surface area contributed by atoms with Crippen molar-refractivity contribution in [2.45, 2.75) is 26.8 Å². The third-order valence-electron chi connectivity index (χ3n) is 2.95. The summed E-state index contributed by atoms with van der Waals surface area (Å²) in [5.74, 6) is 0.689. The molecule has 0 amide bonds. The van der Waals surface area contributed by atoms with Crippen molar-refractivity contribution in [1.29, 1.82) is 0 Å². The molecule has 1 atom stereocenters. The average Bonchev–Trinajstić information content (AvgIpc) is 2.71. The molecule has 0 aliphatic heterocycles. The highest BCUT2D eigenvalue weighted by Gasteiger charge is 2.13. The molecule has 19 heavy (non-hydrogen) atoms. The summed E-state index contributed by atoms with van der Waals surface area (Å²) >= 11 is 1.73. The van der Waals surface area contributed by atoms with E-state index in [0.717, 1.165) is 16.4 Å². The Balaban J connectivity index is 2.19. The molecule has 0 bridgehead atoms. The Kier molecular flexibility index (Phi) is 3.95. The van der Waals surface area contributed by atoms with Crippen molar-refractivity contribution in [2.24, 2.45) is 0 Å². The van der Waals surface area contributed by atoms with Crippen molar-refractivity contribution in [1.82, 2.24) is 4.98 Å². The van der Waals surface area contributed by atoms with Crippen molar-refractivity contribution < 1.29 is 4.74 Å². The van der Waals surface area contributed by atoms with Gasteiger partial charge in [-0.25, -0.2) is 4.98 Å². The van der Waals surface area contributed by atoms with E-state index in [2.05, 4.69) is 17.2 Å². The van der Waals surface area contributed by atoms with Crippen LogP contribution in [0.2, 0.25) is 0 Å². The van der Waals surface area contributed by atoms with E-state index in [4.69, 9.17) is 10.5 Å². The highest BCUT2D eigenvalue weighted by molar-refractivity contribution is 7.11. The first-order valence-electron chi connectivity index (χ1n) is 6.15. The van der Waals surface area contributed by atoms with Crippen LogP contribution < -0.4 is 15.8 Å². The molecule has 1 aromatic carbocycles. The number of thiazole rings is 1. The highest BCUT2D eigenvalue weighted by atomic mass is 32.1. The number of methoxy groups -OCH3 is 1. The predicted octanol–water partition coefficient (Wildman–Crippen LogP) is 3.52. The van der Waals surface area contributed by atoms with Crippen LogP contribution in [0.3, 0.4) is 0 Å². The summed E-state index contributed by atoms with van der Waals surface area (Å²) < 4.78 is 5.23. The lowest BCUT2D eigenvalue weighted by Crippen LogP contribution is -2.06. The molecule has 1 heterocycles. The molecule has 0 aliphatic carbocycles. The second kappa shape index (κ2) is 5.48. The molecule has 0 aliphatic rings. The molecule has 2 rings (SSSR count). The molecule has 102 valence electrons. The first-order chi connectivity index (χ1) is 9.01. The van der Waals surface area contributed by atoms with Crippen LogP contribution in [0.25, 0.3) is 0 Å². The number of anilines is 2. The first kappa shape index (κ1) is 13.7. The smallest absolute Gasteiger partial charge is 0.143 e. The van der Waals surface area contributed by atoms with E-state index < -0.39 is 0 Å². The fourth-order valence-corrected chi connectivity index (χ4v) is 3.00. The molecule has 0 fully saturated rings. The third-order valence-corrected chi connectivity index (χ3v) is 4.20. The first-order valence-corrected chi connectivity index (χ1v) is 6.97. The summed E-state index contributed by atoms with van der Waals surface area (Å²) in [4.78, 5) is 5.71. The number of nitrogens with one attached hydrogen (secondary N) is 1. The Labute approximate surface area is 117 Å². The molecular formula is C14H19N3OS. The number of nitrogen functional groups attached to an aromatic ring is 1. The van der Waals surface area contributed by atoms with Crippen LogP contribution in [0.15, 0.2) is 18.2 Å². The lowest BCUT2D eigenvalue weighted by molar-refractivity contribution is 0.417. The van der Waals surface area contributed by atoms with Crippen molar-refractivity contribution in [3.8, 4) is 5.75 Å². The summed E-state index contributed by atoms with van der Waals surface area (Å²) in [6.45, 7) is 6.20. The van der Waals surface area contributed by atoms with Gasteiger partial charge in [0.2, 0.25) is 0 Å². The average molecular weight is 277 g/mol. The van der Waals surface area contributed by atoms with E-state index in [0.29, 0.717) is 11.4 Å². The second-order valence-corrected chi connectivity index (χ2v) is 5.74. The van der Waals surface area contributed by atoms with E-state index in [1.165, 1.54) is 4.88 Å². The number of rotatable bonds is 4. The van der Waals surface area contributed by atoms with E-state index >= 15 is 0 Å². The molecule has 0 spiro atoms. The number of nitrogens with zero attached hydrogens (tertiary/aromatic N) is 1. The van der Waals surface area contributed by atoms with Gasteiger partial charge in [0, 0.05) is 16.6 Å². The standard InChI is InChI=1S/C14H19N3OS/c1-8-14(19-10(3)16-8)9(2)17-11-5-6-12(15)13(7-11)18-4/h5-7,9,17H,15H2,1-4H3. The number of hydrogen-bond acceptors (Lipinski definition) is 5. The number of aryl methyl sites for hydroxylation is 2. The zero-order valence-electron chi connectivity index (χ0n) is 11.7. The van der Waals surface area contributed by atoms with Crippen LogP contribution in [0.5, 0.6) is 5.75 Å². The van der Waals surface area contributed by atoms with Crippen LogP contribution in [0, 0.1) is 13.8 Å². The molecule has 2 aromatic rings. The molecule has 1 aromatic heterocycles. The van der Waals surface area contributed by atoms with Gasteiger partial charge in [-0.3, -0.25) is 0 Å². The Morgan fingerprint density at radius 3 is 2.68 bits per heavy atom. The van der Waals surface area contributed by atoms with Crippen molar-refractivity contribution in [3.63, 3.8) is 0 Å². The quantitative estimate of drug-likeness (QED) is 0.839. The summed E-state index contributed by atoms with van der Waals surface area (Å²) in [6, 6.07) is 5.92. The summed E-state index contributed by atoms with van der Waals surface area (Å²) in [7, 11) is 1.62. The number of ether oxygens (including phenoxy) is 1.